The predicted molar refractivity (Wildman–Crippen MR) is 64.1 cm³/mol. The molecule has 4 heteroatoms. The van der Waals surface area contributed by atoms with Gasteiger partial charge in [-0.3, -0.25) is 0 Å². The van der Waals surface area contributed by atoms with E-state index in [2.05, 4.69) is 32.3 Å². The van der Waals surface area contributed by atoms with Gasteiger partial charge in [-0.15, -0.1) is 0 Å². The first-order valence-corrected chi connectivity index (χ1v) is 5.90. The summed E-state index contributed by atoms with van der Waals surface area (Å²) in [6.45, 7) is 2.03. The van der Waals surface area contributed by atoms with E-state index in [4.69, 9.17) is 4.74 Å². The first-order chi connectivity index (χ1) is 7.19. The van der Waals surface area contributed by atoms with Gasteiger partial charge in [0.05, 0.1) is 10.6 Å². The molecule has 3 nitrogen and oxygen atoms in total. The van der Waals surface area contributed by atoms with Crippen LogP contribution in [0.2, 0.25) is 0 Å². The van der Waals surface area contributed by atoms with Crippen LogP contribution in [0.15, 0.2) is 16.7 Å². The molecule has 1 N–H and O–H groups in total. The van der Waals surface area contributed by atoms with Crippen LogP contribution in [-0.2, 0) is 4.74 Å². The maximum absolute atomic E-state index is 5.23. The molecule has 0 atom stereocenters. The zero-order valence-electron chi connectivity index (χ0n) is 8.96. The van der Waals surface area contributed by atoms with Crippen molar-refractivity contribution in [3.8, 4) is 0 Å². The lowest BCUT2D eigenvalue weighted by molar-refractivity contribution is 0.0328. The summed E-state index contributed by atoms with van der Waals surface area (Å²) in [5, 5.41) is 3.40. The van der Waals surface area contributed by atoms with E-state index in [-0.39, 0.29) is 0 Å². The third-order valence-corrected chi connectivity index (χ3v) is 3.35. The zero-order valence-corrected chi connectivity index (χ0v) is 10.5. The number of rotatable bonds is 3. The highest BCUT2D eigenvalue weighted by Gasteiger charge is 2.29. The van der Waals surface area contributed by atoms with Crippen LogP contribution >= 0.6 is 15.9 Å². The number of methoxy groups -OCH3 is 1. The van der Waals surface area contributed by atoms with Gasteiger partial charge >= 0.3 is 0 Å². The fraction of sp³-hybridized carbons (Fsp3) is 0.545. The van der Waals surface area contributed by atoms with Crippen molar-refractivity contribution >= 4 is 21.7 Å². The van der Waals surface area contributed by atoms with Crippen molar-refractivity contribution in [1.82, 2.24) is 4.98 Å². The summed E-state index contributed by atoms with van der Waals surface area (Å²) in [7, 11) is 1.76. The molecule has 0 aromatic carbocycles. The van der Waals surface area contributed by atoms with Gasteiger partial charge in [-0.1, -0.05) is 0 Å². The molecule has 0 aliphatic heterocycles. The van der Waals surface area contributed by atoms with Crippen molar-refractivity contribution in [3.05, 3.63) is 22.3 Å². The minimum Gasteiger partial charge on any atom is -0.381 e. The SMILES string of the molecule is COC1CC(Nc2ncc(C)cc2Br)C1. The highest BCUT2D eigenvalue weighted by molar-refractivity contribution is 9.10. The summed E-state index contributed by atoms with van der Waals surface area (Å²) in [5.41, 5.74) is 1.16. The normalized spacial score (nSPS) is 24.7. The van der Waals surface area contributed by atoms with E-state index in [1.807, 2.05) is 13.1 Å². The van der Waals surface area contributed by atoms with E-state index in [1.54, 1.807) is 7.11 Å². The van der Waals surface area contributed by atoms with E-state index in [0.29, 0.717) is 12.1 Å². The van der Waals surface area contributed by atoms with Crippen LogP contribution < -0.4 is 5.32 Å². The van der Waals surface area contributed by atoms with Crippen LogP contribution in [0.3, 0.4) is 0 Å². The van der Waals surface area contributed by atoms with Gasteiger partial charge in [0.1, 0.15) is 5.82 Å². The first kappa shape index (κ1) is 10.9. The van der Waals surface area contributed by atoms with Crippen LogP contribution in [-0.4, -0.2) is 24.2 Å². The van der Waals surface area contributed by atoms with E-state index in [9.17, 15) is 0 Å². The van der Waals surface area contributed by atoms with Gasteiger partial charge in [0.2, 0.25) is 0 Å². The zero-order chi connectivity index (χ0) is 10.8. The number of anilines is 1. The molecule has 82 valence electrons. The Kier molecular flexibility index (Phi) is 3.26. The van der Waals surface area contributed by atoms with Gasteiger partial charge in [-0.05, 0) is 47.3 Å². The van der Waals surface area contributed by atoms with Crippen LogP contribution in [0.25, 0.3) is 0 Å². The molecule has 1 aliphatic carbocycles. The maximum Gasteiger partial charge on any atom is 0.140 e. The number of aromatic nitrogens is 1. The fourth-order valence-electron chi connectivity index (χ4n) is 1.71. The highest BCUT2D eigenvalue weighted by Crippen LogP contribution is 2.28. The van der Waals surface area contributed by atoms with Crippen molar-refractivity contribution in [1.29, 1.82) is 0 Å². The molecule has 0 bridgehead atoms. The average Bonchev–Trinajstić information content (AvgIpc) is 2.13. The molecule has 0 amide bonds. The summed E-state index contributed by atoms with van der Waals surface area (Å²) in [6, 6.07) is 2.57. The second-order valence-electron chi connectivity index (χ2n) is 4.01. The molecule has 2 rings (SSSR count). The van der Waals surface area contributed by atoms with Gasteiger partial charge < -0.3 is 10.1 Å². The number of aryl methyl sites for hydroxylation is 1. The van der Waals surface area contributed by atoms with Crippen molar-refractivity contribution in [2.75, 3.05) is 12.4 Å². The quantitative estimate of drug-likeness (QED) is 0.917. The van der Waals surface area contributed by atoms with Crippen LogP contribution in [0.5, 0.6) is 0 Å². The molecular weight excluding hydrogens is 256 g/mol. The molecule has 1 fully saturated rings. The van der Waals surface area contributed by atoms with E-state index >= 15 is 0 Å². The Balaban J connectivity index is 1.94. The molecular formula is C11H15BrN2O. The van der Waals surface area contributed by atoms with E-state index in [1.165, 1.54) is 0 Å². The number of nitrogens with one attached hydrogen (secondary N) is 1. The Labute approximate surface area is 98.4 Å². The Morgan fingerprint density at radius 3 is 2.87 bits per heavy atom. The van der Waals surface area contributed by atoms with Crippen molar-refractivity contribution in [3.63, 3.8) is 0 Å². The average molecular weight is 271 g/mol. The predicted octanol–water partition coefficient (Wildman–Crippen LogP) is 2.74. The Bertz CT molecular complexity index is 350. The lowest BCUT2D eigenvalue weighted by atomic mass is 9.89. The Morgan fingerprint density at radius 1 is 1.53 bits per heavy atom. The van der Waals surface area contributed by atoms with Gasteiger partial charge in [0, 0.05) is 19.3 Å². The maximum atomic E-state index is 5.23. The smallest absolute Gasteiger partial charge is 0.140 e. The summed E-state index contributed by atoms with van der Waals surface area (Å²) in [6.07, 6.45) is 4.43. The minimum absolute atomic E-state index is 0.423. The summed E-state index contributed by atoms with van der Waals surface area (Å²) in [4.78, 5) is 4.35. The molecule has 1 aromatic heterocycles. The lowest BCUT2D eigenvalue weighted by Crippen LogP contribution is -2.40. The van der Waals surface area contributed by atoms with Crippen LogP contribution in [0.4, 0.5) is 5.82 Å². The highest BCUT2D eigenvalue weighted by atomic mass is 79.9. The Hall–Kier alpha value is -0.610. The molecule has 0 unspecified atom stereocenters. The first-order valence-electron chi connectivity index (χ1n) is 5.10. The molecule has 15 heavy (non-hydrogen) atoms. The third-order valence-electron chi connectivity index (χ3n) is 2.75. The van der Waals surface area contributed by atoms with Crippen molar-refractivity contribution < 1.29 is 4.74 Å². The molecule has 0 spiro atoms. The van der Waals surface area contributed by atoms with E-state index in [0.717, 1.165) is 28.7 Å². The number of nitrogens with zero attached hydrogens (tertiary/aromatic N) is 1. The minimum atomic E-state index is 0.423. The second kappa shape index (κ2) is 4.49. The molecule has 0 radical (unpaired) electrons. The van der Waals surface area contributed by atoms with E-state index < -0.39 is 0 Å². The number of ether oxygens (including phenoxy) is 1. The molecule has 1 saturated carbocycles. The van der Waals surface area contributed by atoms with Crippen molar-refractivity contribution in [2.45, 2.75) is 31.9 Å². The molecule has 1 aromatic rings. The van der Waals surface area contributed by atoms with Gasteiger partial charge in [-0.25, -0.2) is 4.98 Å². The number of halogens is 1. The molecule has 1 aliphatic rings. The van der Waals surface area contributed by atoms with Crippen LogP contribution in [0.1, 0.15) is 18.4 Å². The topological polar surface area (TPSA) is 34.1 Å². The summed E-state index contributed by atoms with van der Waals surface area (Å²) < 4.78 is 6.26. The van der Waals surface area contributed by atoms with Gasteiger partial charge in [-0.2, -0.15) is 0 Å². The van der Waals surface area contributed by atoms with Gasteiger partial charge in [0.15, 0.2) is 0 Å². The monoisotopic (exact) mass is 270 g/mol. The number of hydrogen-bond donors (Lipinski definition) is 1. The standard InChI is InChI=1S/C11H15BrN2O/c1-7-3-10(12)11(13-6-7)14-8-4-9(5-8)15-2/h3,6,8-9H,4-5H2,1-2H3,(H,13,14). The second-order valence-corrected chi connectivity index (χ2v) is 4.87. The van der Waals surface area contributed by atoms with Gasteiger partial charge in [0.25, 0.3) is 0 Å². The largest absolute Gasteiger partial charge is 0.381 e. The lowest BCUT2D eigenvalue weighted by Gasteiger charge is -2.35. The number of hydrogen-bond acceptors (Lipinski definition) is 3. The van der Waals surface area contributed by atoms with Crippen molar-refractivity contribution in [2.24, 2.45) is 0 Å². The van der Waals surface area contributed by atoms with Crippen LogP contribution in [0, 0.1) is 6.92 Å². The molecule has 0 saturated heterocycles. The molecule has 1 heterocycles. The summed E-state index contributed by atoms with van der Waals surface area (Å²) >= 11 is 3.50. The number of pyridine rings is 1. The summed E-state index contributed by atoms with van der Waals surface area (Å²) in [5.74, 6) is 0.931. The third kappa shape index (κ3) is 2.49. The fourth-order valence-corrected chi connectivity index (χ4v) is 2.29. The Morgan fingerprint density at radius 2 is 2.27 bits per heavy atom.